The number of nitrogens with zero attached hydrogens (tertiary/aromatic N) is 2. The van der Waals surface area contributed by atoms with Gasteiger partial charge in [-0.05, 0) is 42.0 Å². The van der Waals surface area contributed by atoms with E-state index in [4.69, 9.17) is 4.74 Å². The molecule has 2 N–H and O–H groups in total. The zero-order valence-electron chi connectivity index (χ0n) is 12.5. The van der Waals surface area contributed by atoms with E-state index in [-0.39, 0.29) is 12.2 Å². The number of nitrogens with one attached hydrogen (secondary N) is 2. The van der Waals surface area contributed by atoms with E-state index in [1.54, 1.807) is 49.6 Å². The average Bonchev–Trinajstić information content (AvgIpc) is 2.61. The fraction of sp³-hybridized carbons (Fsp3) is 0.125. The Hall–Kier alpha value is -3.22. The lowest BCUT2D eigenvalue weighted by atomic mass is 10.2. The molecule has 0 bridgehead atoms. The van der Waals surface area contributed by atoms with Crippen molar-refractivity contribution < 1.29 is 14.3 Å². The summed E-state index contributed by atoms with van der Waals surface area (Å²) >= 11 is 0. The van der Waals surface area contributed by atoms with Gasteiger partial charge in [0, 0.05) is 6.20 Å². The normalized spacial score (nSPS) is 10.3. The molecule has 118 valence electrons. The summed E-state index contributed by atoms with van der Waals surface area (Å²) in [7, 11) is 1.59. The van der Waals surface area contributed by atoms with Crippen molar-refractivity contribution in [3.63, 3.8) is 0 Å². The highest BCUT2D eigenvalue weighted by Crippen LogP contribution is 2.09. The highest BCUT2D eigenvalue weighted by atomic mass is 16.5. The summed E-state index contributed by atoms with van der Waals surface area (Å²) in [6.45, 7) is -0.185. The summed E-state index contributed by atoms with van der Waals surface area (Å²) in [4.78, 5) is 27.2. The Morgan fingerprint density at radius 2 is 2.00 bits per heavy atom. The molecule has 0 aliphatic rings. The Morgan fingerprint density at radius 1 is 1.22 bits per heavy atom. The van der Waals surface area contributed by atoms with Crippen LogP contribution in [0.15, 0.2) is 53.8 Å². The number of hydrazone groups is 1. The third-order valence-corrected chi connectivity index (χ3v) is 2.83. The maximum absolute atomic E-state index is 11.7. The standard InChI is InChI=1S/C16H16N4O3/c1-23-13-7-5-12(6-8-13)10-19-20-15(21)11-18-16(22)14-4-2-3-9-17-14/h2-10H,11H2,1H3,(H,18,22)(H,20,21)/b19-10+. The van der Waals surface area contributed by atoms with E-state index in [1.807, 2.05) is 0 Å². The third-order valence-electron chi connectivity index (χ3n) is 2.83. The second-order valence-corrected chi connectivity index (χ2v) is 4.46. The van der Waals surface area contributed by atoms with Crippen LogP contribution >= 0.6 is 0 Å². The molecule has 0 radical (unpaired) electrons. The summed E-state index contributed by atoms with van der Waals surface area (Å²) in [6.07, 6.45) is 3.01. The van der Waals surface area contributed by atoms with Gasteiger partial charge in [-0.2, -0.15) is 5.10 Å². The molecule has 0 aliphatic carbocycles. The van der Waals surface area contributed by atoms with Gasteiger partial charge in [-0.1, -0.05) is 6.07 Å². The lowest BCUT2D eigenvalue weighted by Crippen LogP contribution is -2.35. The first-order chi connectivity index (χ1) is 11.2. The molecule has 2 aromatic rings. The largest absolute Gasteiger partial charge is 0.497 e. The summed E-state index contributed by atoms with van der Waals surface area (Å²) in [5.41, 5.74) is 3.39. The van der Waals surface area contributed by atoms with Crippen LogP contribution in [0, 0.1) is 0 Å². The number of hydrogen-bond acceptors (Lipinski definition) is 5. The highest BCUT2D eigenvalue weighted by molar-refractivity contribution is 5.94. The van der Waals surface area contributed by atoms with Crippen LogP contribution in [0.5, 0.6) is 5.75 Å². The molecule has 7 nitrogen and oxygen atoms in total. The minimum atomic E-state index is -0.431. The maximum atomic E-state index is 11.7. The lowest BCUT2D eigenvalue weighted by molar-refractivity contribution is -0.120. The fourth-order valence-corrected chi connectivity index (χ4v) is 1.66. The first-order valence-electron chi connectivity index (χ1n) is 6.84. The van der Waals surface area contributed by atoms with Gasteiger partial charge in [-0.3, -0.25) is 14.6 Å². The predicted octanol–water partition coefficient (Wildman–Crippen LogP) is 0.970. The Bertz CT molecular complexity index is 684. The van der Waals surface area contributed by atoms with E-state index in [0.717, 1.165) is 11.3 Å². The number of amides is 2. The SMILES string of the molecule is COc1ccc(/C=N/NC(=O)CNC(=O)c2ccccn2)cc1. The second kappa shape index (κ2) is 8.28. The number of methoxy groups -OCH3 is 1. The van der Waals surface area contributed by atoms with Crippen LogP contribution in [0.25, 0.3) is 0 Å². The molecule has 1 heterocycles. The molecule has 23 heavy (non-hydrogen) atoms. The average molecular weight is 312 g/mol. The maximum Gasteiger partial charge on any atom is 0.270 e. The lowest BCUT2D eigenvalue weighted by Gasteiger charge is -2.03. The van der Waals surface area contributed by atoms with Gasteiger partial charge in [0.05, 0.1) is 19.9 Å². The smallest absolute Gasteiger partial charge is 0.270 e. The Morgan fingerprint density at radius 3 is 2.65 bits per heavy atom. The minimum Gasteiger partial charge on any atom is -0.497 e. The zero-order valence-corrected chi connectivity index (χ0v) is 12.5. The van der Waals surface area contributed by atoms with Crippen molar-refractivity contribution in [3.05, 3.63) is 59.9 Å². The van der Waals surface area contributed by atoms with E-state index in [0.29, 0.717) is 0 Å². The van der Waals surface area contributed by atoms with Crippen molar-refractivity contribution in [2.75, 3.05) is 13.7 Å². The Balaban J connectivity index is 1.76. The van der Waals surface area contributed by atoms with Crippen molar-refractivity contribution in [1.29, 1.82) is 0 Å². The number of aromatic nitrogens is 1. The number of carbonyl (C=O) groups excluding carboxylic acids is 2. The molecule has 7 heteroatoms. The van der Waals surface area contributed by atoms with Gasteiger partial charge in [-0.25, -0.2) is 5.43 Å². The molecule has 0 saturated heterocycles. The van der Waals surface area contributed by atoms with Gasteiger partial charge in [0.1, 0.15) is 11.4 Å². The fourth-order valence-electron chi connectivity index (χ4n) is 1.66. The molecular formula is C16H16N4O3. The van der Waals surface area contributed by atoms with Crippen LogP contribution in [0.4, 0.5) is 0 Å². The molecule has 2 amide bonds. The van der Waals surface area contributed by atoms with Crippen molar-refractivity contribution in [2.24, 2.45) is 5.10 Å². The molecular weight excluding hydrogens is 296 g/mol. The van der Waals surface area contributed by atoms with E-state index < -0.39 is 11.8 Å². The Labute approximate surface area is 133 Å². The zero-order chi connectivity index (χ0) is 16.5. The van der Waals surface area contributed by atoms with Crippen molar-refractivity contribution in [1.82, 2.24) is 15.7 Å². The Kier molecular flexibility index (Phi) is 5.81. The molecule has 1 aromatic heterocycles. The van der Waals surface area contributed by atoms with Crippen molar-refractivity contribution in [3.8, 4) is 5.75 Å². The van der Waals surface area contributed by atoms with Gasteiger partial charge in [0.15, 0.2) is 0 Å². The first kappa shape index (κ1) is 16.2. The summed E-state index contributed by atoms with van der Waals surface area (Å²) in [6, 6.07) is 12.1. The minimum absolute atomic E-state index is 0.185. The van der Waals surface area contributed by atoms with Crippen LogP contribution in [0.1, 0.15) is 16.1 Å². The number of hydrogen-bond donors (Lipinski definition) is 2. The van der Waals surface area contributed by atoms with Crippen molar-refractivity contribution in [2.45, 2.75) is 0 Å². The molecule has 1 aromatic carbocycles. The summed E-state index contributed by atoms with van der Waals surface area (Å²) in [5, 5.41) is 6.27. The molecule has 0 unspecified atom stereocenters. The van der Waals surface area contributed by atoms with Gasteiger partial charge in [0.25, 0.3) is 11.8 Å². The molecule has 0 atom stereocenters. The molecule has 0 spiro atoms. The van der Waals surface area contributed by atoms with Crippen LogP contribution in [-0.2, 0) is 4.79 Å². The van der Waals surface area contributed by atoms with Crippen LogP contribution in [-0.4, -0.2) is 36.7 Å². The van der Waals surface area contributed by atoms with Crippen molar-refractivity contribution >= 4 is 18.0 Å². The van der Waals surface area contributed by atoms with Crippen LogP contribution < -0.4 is 15.5 Å². The van der Waals surface area contributed by atoms with Crippen LogP contribution in [0.3, 0.4) is 0 Å². The summed E-state index contributed by atoms with van der Waals surface area (Å²) in [5.74, 6) is -0.109. The second-order valence-electron chi connectivity index (χ2n) is 4.46. The van der Waals surface area contributed by atoms with Gasteiger partial charge in [-0.15, -0.1) is 0 Å². The first-order valence-corrected chi connectivity index (χ1v) is 6.84. The van der Waals surface area contributed by atoms with Gasteiger partial charge >= 0.3 is 0 Å². The topological polar surface area (TPSA) is 92.7 Å². The van der Waals surface area contributed by atoms with E-state index in [1.165, 1.54) is 12.4 Å². The number of rotatable bonds is 6. The molecule has 2 rings (SSSR count). The van der Waals surface area contributed by atoms with Crippen LogP contribution in [0.2, 0.25) is 0 Å². The predicted molar refractivity (Wildman–Crippen MR) is 85.3 cm³/mol. The molecule has 0 saturated carbocycles. The highest BCUT2D eigenvalue weighted by Gasteiger charge is 2.07. The van der Waals surface area contributed by atoms with E-state index in [9.17, 15) is 9.59 Å². The summed E-state index contributed by atoms with van der Waals surface area (Å²) < 4.78 is 5.04. The number of carbonyl (C=O) groups is 2. The third kappa shape index (κ3) is 5.24. The molecule has 0 aliphatic heterocycles. The number of pyridine rings is 1. The van der Waals surface area contributed by atoms with Gasteiger partial charge < -0.3 is 10.1 Å². The molecule has 0 fully saturated rings. The monoisotopic (exact) mass is 312 g/mol. The quantitative estimate of drug-likeness (QED) is 0.614. The van der Waals surface area contributed by atoms with Gasteiger partial charge in [0.2, 0.25) is 0 Å². The number of ether oxygens (including phenoxy) is 1. The van der Waals surface area contributed by atoms with E-state index >= 15 is 0 Å². The van der Waals surface area contributed by atoms with E-state index in [2.05, 4.69) is 20.8 Å². The number of benzene rings is 1.